The van der Waals surface area contributed by atoms with E-state index >= 15 is 0 Å². The predicted octanol–water partition coefficient (Wildman–Crippen LogP) is 11.8. The van der Waals surface area contributed by atoms with Crippen LogP contribution in [0.5, 0.6) is 11.5 Å². The largest absolute Gasteiger partial charge is 0.497 e. The van der Waals surface area contributed by atoms with Crippen LogP contribution in [0.25, 0.3) is 21.9 Å². The summed E-state index contributed by atoms with van der Waals surface area (Å²) in [7, 11) is 0.792. The molecule has 0 N–H and O–H groups in total. The van der Waals surface area contributed by atoms with Gasteiger partial charge in [0, 0.05) is 27.8 Å². The van der Waals surface area contributed by atoms with E-state index in [1.54, 1.807) is 14.2 Å². The van der Waals surface area contributed by atoms with Crippen LogP contribution in [0.4, 0.5) is 0 Å². The summed E-state index contributed by atoms with van der Waals surface area (Å²) >= 11 is 0. The van der Waals surface area contributed by atoms with E-state index in [1.165, 1.54) is 21.5 Å². The second kappa shape index (κ2) is 15.4. The average molecular weight is 747 g/mol. The molecule has 5 nitrogen and oxygen atoms in total. The molecule has 1 aliphatic carbocycles. The fraction of sp³-hybridized carbons (Fsp3) is 0.348. The molecule has 53 heavy (non-hydrogen) atoms. The van der Waals surface area contributed by atoms with Crippen molar-refractivity contribution in [2.45, 2.75) is 90.1 Å². The molecule has 0 saturated heterocycles. The van der Waals surface area contributed by atoms with Crippen molar-refractivity contribution in [2.24, 2.45) is 0 Å². The van der Waals surface area contributed by atoms with Gasteiger partial charge in [-0.05, 0) is 77.3 Å². The number of methoxy groups -OCH3 is 2. The SMILES string of the molecule is COc1cc(C(C)(C)C)c2op(OC3CCCCC3c3ccccc3P(c3ccccc3)c3ccccc3)oc3c(C(C)(C)C)cc(OC)cc3c2c1. The van der Waals surface area contributed by atoms with Crippen LogP contribution < -0.4 is 29.9 Å². The zero-order valence-corrected chi connectivity index (χ0v) is 34.1. The van der Waals surface area contributed by atoms with E-state index in [2.05, 4.69) is 151 Å². The van der Waals surface area contributed by atoms with Crippen LogP contribution in [0.3, 0.4) is 0 Å². The van der Waals surface area contributed by atoms with E-state index in [-0.39, 0.29) is 22.9 Å². The highest BCUT2D eigenvalue weighted by molar-refractivity contribution is 7.79. The van der Waals surface area contributed by atoms with Crippen LogP contribution in [-0.4, -0.2) is 20.3 Å². The van der Waals surface area contributed by atoms with Crippen molar-refractivity contribution in [1.82, 2.24) is 0 Å². The lowest BCUT2D eigenvalue weighted by Crippen LogP contribution is -2.32. The van der Waals surface area contributed by atoms with Gasteiger partial charge in [-0.3, -0.25) is 4.52 Å². The Hall–Kier alpha value is -4.01. The van der Waals surface area contributed by atoms with Gasteiger partial charge in [-0.25, -0.2) is 0 Å². The van der Waals surface area contributed by atoms with Gasteiger partial charge < -0.3 is 17.9 Å². The normalized spacial score (nSPS) is 16.6. The summed E-state index contributed by atoms with van der Waals surface area (Å²) in [5.74, 6) is 1.73. The van der Waals surface area contributed by atoms with E-state index < -0.39 is 16.2 Å². The average Bonchev–Trinajstić information content (AvgIpc) is 3.30. The summed E-state index contributed by atoms with van der Waals surface area (Å²) in [6.07, 6.45) is 4.14. The highest BCUT2D eigenvalue weighted by atomic mass is 31.1. The van der Waals surface area contributed by atoms with Gasteiger partial charge in [0.1, 0.15) is 22.7 Å². The summed E-state index contributed by atoms with van der Waals surface area (Å²) in [5.41, 5.74) is 4.52. The third-order valence-electron chi connectivity index (χ3n) is 10.4. The van der Waals surface area contributed by atoms with E-state index in [9.17, 15) is 0 Å². The van der Waals surface area contributed by atoms with Crippen LogP contribution in [0.15, 0.2) is 118 Å². The lowest BCUT2D eigenvalue weighted by atomic mass is 9.82. The lowest BCUT2D eigenvalue weighted by Gasteiger charge is -2.33. The van der Waals surface area contributed by atoms with Gasteiger partial charge in [0.25, 0.3) is 0 Å². The molecule has 1 fully saturated rings. The van der Waals surface area contributed by atoms with Crippen LogP contribution in [0, 0.1) is 0 Å². The maximum absolute atomic E-state index is 7.25. The van der Waals surface area contributed by atoms with E-state index in [4.69, 9.17) is 22.4 Å². The minimum Gasteiger partial charge on any atom is -0.497 e. The van der Waals surface area contributed by atoms with Crippen LogP contribution in [0.2, 0.25) is 0 Å². The van der Waals surface area contributed by atoms with Gasteiger partial charge in [-0.15, -0.1) is 0 Å². The van der Waals surface area contributed by atoms with Gasteiger partial charge in [0.05, 0.1) is 20.3 Å². The van der Waals surface area contributed by atoms with E-state index in [0.29, 0.717) is 0 Å². The molecule has 6 aromatic rings. The van der Waals surface area contributed by atoms with Crippen LogP contribution >= 0.6 is 16.2 Å². The molecule has 1 aliphatic rings. The summed E-state index contributed by atoms with van der Waals surface area (Å²) in [6, 6.07) is 39.3. The van der Waals surface area contributed by atoms with Crippen molar-refractivity contribution >= 4 is 54.0 Å². The molecule has 5 aromatic carbocycles. The number of benzene rings is 5. The summed E-state index contributed by atoms with van der Waals surface area (Å²) in [4.78, 5) is 0. The molecule has 7 rings (SSSR count). The Morgan fingerprint density at radius 1 is 0.604 bits per heavy atom. The molecule has 1 heterocycles. The highest BCUT2D eigenvalue weighted by Gasteiger charge is 2.34. The lowest BCUT2D eigenvalue weighted by molar-refractivity contribution is 0.172. The molecule has 2 unspecified atom stereocenters. The minimum atomic E-state index is -1.85. The Morgan fingerprint density at radius 3 is 1.57 bits per heavy atom. The maximum atomic E-state index is 7.25. The molecule has 0 amide bonds. The van der Waals surface area contributed by atoms with Crippen molar-refractivity contribution in [2.75, 3.05) is 14.2 Å². The molecule has 1 saturated carbocycles. The van der Waals surface area contributed by atoms with Gasteiger partial charge in [-0.1, -0.05) is 139 Å². The standard InChI is InChI=1S/C46H52O5P2/c1-45(2,3)39-29-31(47-7)27-37-38-28-32(48-8)30-40(46(4,5)6)44(38)51-53(50-43(37)39)49-41-25-17-15-23-35(41)36-24-16-18-26-42(36)52(33-19-11-9-12-20-33)34-21-13-10-14-22-34/h9-14,16,18-22,24,26-30,35,41H,15,17,23,25H2,1-8H3. The Morgan fingerprint density at radius 2 is 1.08 bits per heavy atom. The first-order valence-corrected chi connectivity index (χ1v) is 21.2. The first-order chi connectivity index (χ1) is 25.5. The van der Waals surface area contributed by atoms with Crippen LogP contribution in [-0.2, 0) is 10.8 Å². The number of hydrogen-bond acceptors (Lipinski definition) is 5. The smallest absolute Gasteiger partial charge is 0.387 e. The number of ether oxygens (including phenoxy) is 2. The molecular weight excluding hydrogens is 694 g/mol. The topological polar surface area (TPSA) is 54.0 Å². The third-order valence-corrected chi connectivity index (χ3v) is 14.0. The van der Waals surface area contributed by atoms with E-state index in [1.807, 2.05) is 0 Å². The predicted molar refractivity (Wildman–Crippen MR) is 224 cm³/mol. The van der Waals surface area contributed by atoms with Crippen molar-refractivity contribution in [3.63, 3.8) is 0 Å². The monoisotopic (exact) mass is 746 g/mol. The third kappa shape index (κ3) is 7.81. The van der Waals surface area contributed by atoms with Crippen molar-refractivity contribution < 1.29 is 22.4 Å². The van der Waals surface area contributed by atoms with Gasteiger partial charge in [0.15, 0.2) is 0 Å². The first kappa shape index (κ1) is 37.3. The second-order valence-corrected chi connectivity index (χ2v) is 19.3. The molecule has 0 bridgehead atoms. The fourth-order valence-electron chi connectivity index (χ4n) is 7.64. The number of fused-ring (bicyclic) bond motifs is 3. The Balaban J connectivity index is 1.43. The Labute approximate surface area is 317 Å². The van der Waals surface area contributed by atoms with Gasteiger partial charge in [-0.2, -0.15) is 0 Å². The maximum Gasteiger partial charge on any atom is 0.387 e. The zero-order chi connectivity index (χ0) is 37.3. The minimum absolute atomic E-state index is 0.0860. The summed E-state index contributed by atoms with van der Waals surface area (Å²) in [6.45, 7) is 13.2. The number of hydrogen-bond donors (Lipinski definition) is 0. The summed E-state index contributed by atoms with van der Waals surface area (Å²) < 4.78 is 33.2. The Bertz CT molecular complexity index is 2110. The molecule has 0 aliphatic heterocycles. The molecule has 0 spiro atoms. The molecular formula is C46H52O5P2. The fourth-order valence-corrected chi connectivity index (χ4v) is 11.5. The van der Waals surface area contributed by atoms with Crippen molar-refractivity contribution in [1.29, 1.82) is 0 Å². The van der Waals surface area contributed by atoms with Crippen LogP contribution in [0.1, 0.15) is 89.8 Å². The van der Waals surface area contributed by atoms with Gasteiger partial charge in [0.2, 0.25) is 0 Å². The molecule has 7 heteroatoms. The van der Waals surface area contributed by atoms with E-state index in [0.717, 1.165) is 70.2 Å². The first-order valence-electron chi connectivity index (χ1n) is 18.7. The molecule has 276 valence electrons. The Kier molecular flexibility index (Phi) is 10.8. The highest BCUT2D eigenvalue weighted by Crippen LogP contribution is 2.47. The summed E-state index contributed by atoms with van der Waals surface area (Å²) in [5, 5.41) is 5.92. The quantitative estimate of drug-likeness (QED) is 0.145. The molecule has 2 atom stereocenters. The van der Waals surface area contributed by atoms with Crippen molar-refractivity contribution in [3.8, 4) is 11.5 Å². The van der Waals surface area contributed by atoms with Gasteiger partial charge >= 0.3 is 8.24 Å². The zero-order valence-electron chi connectivity index (χ0n) is 32.3. The van der Waals surface area contributed by atoms with Crippen molar-refractivity contribution in [3.05, 3.63) is 126 Å². The second-order valence-electron chi connectivity index (χ2n) is 16.1. The number of rotatable bonds is 8. The molecule has 0 radical (unpaired) electrons. The molecule has 1 aromatic heterocycles.